The number of piperidine rings is 1. The molecule has 2 aromatic carbocycles. The van der Waals surface area contributed by atoms with Crippen LogP contribution < -0.4 is 5.32 Å². The number of rotatable bonds is 6. The van der Waals surface area contributed by atoms with Gasteiger partial charge in [-0.1, -0.05) is 53.5 Å². The quantitative estimate of drug-likeness (QED) is 0.568. The highest BCUT2D eigenvalue weighted by molar-refractivity contribution is 6.38. The normalized spacial score (nSPS) is 15.7. The van der Waals surface area contributed by atoms with Gasteiger partial charge < -0.3 is 15.2 Å². The fraction of sp³-hybridized carbons (Fsp3) is 0.348. The van der Waals surface area contributed by atoms with Crippen LogP contribution in [0.4, 0.5) is 0 Å². The van der Waals surface area contributed by atoms with Crippen LogP contribution in [0.3, 0.4) is 0 Å². The molecular formula is C23H25Cl2N3O. The highest BCUT2D eigenvalue weighted by Crippen LogP contribution is 2.28. The zero-order valence-electron chi connectivity index (χ0n) is 16.3. The molecular weight excluding hydrogens is 405 g/mol. The first kappa shape index (κ1) is 20.3. The molecule has 1 aromatic heterocycles. The molecule has 3 aromatic rings. The SMILES string of the molecule is O=C(NCCN1CCC(Cc2ccccc2)CC1)c1cc2c(Cl)cc(Cl)cc2[nH]1. The van der Waals surface area contributed by atoms with E-state index in [4.69, 9.17) is 23.2 Å². The molecule has 0 unspecified atom stereocenters. The summed E-state index contributed by atoms with van der Waals surface area (Å²) in [4.78, 5) is 18.0. The van der Waals surface area contributed by atoms with E-state index in [-0.39, 0.29) is 5.91 Å². The first-order valence-electron chi connectivity index (χ1n) is 10.1. The molecule has 4 rings (SSSR count). The van der Waals surface area contributed by atoms with Gasteiger partial charge in [-0.05, 0) is 62.0 Å². The second-order valence-corrected chi connectivity index (χ2v) is 8.61. The van der Waals surface area contributed by atoms with Crippen LogP contribution in [0, 0.1) is 5.92 Å². The third kappa shape index (κ3) is 5.13. The van der Waals surface area contributed by atoms with E-state index in [1.54, 1.807) is 18.2 Å². The zero-order valence-corrected chi connectivity index (χ0v) is 17.8. The predicted octanol–water partition coefficient (Wildman–Crippen LogP) is 5.16. The number of aromatic amines is 1. The minimum absolute atomic E-state index is 0.118. The number of amides is 1. The molecule has 1 aliphatic rings. The maximum Gasteiger partial charge on any atom is 0.267 e. The van der Waals surface area contributed by atoms with Gasteiger partial charge in [-0.2, -0.15) is 0 Å². The Morgan fingerprint density at radius 3 is 2.62 bits per heavy atom. The van der Waals surface area contributed by atoms with E-state index in [1.807, 2.05) is 0 Å². The summed E-state index contributed by atoms with van der Waals surface area (Å²) < 4.78 is 0. The molecule has 0 spiro atoms. The number of carbonyl (C=O) groups excluding carboxylic acids is 1. The Kier molecular flexibility index (Phi) is 6.43. The average molecular weight is 430 g/mol. The summed E-state index contributed by atoms with van der Waals surface area (Å²) in [6, 6.07) is 16.0. The van der Waals surface area contributed by atoms with Gasteiger partial charge in [0.15, 0.2) is 0 Å². The van der Waals surface area contributed by atoms with Gasteiger partial charge in [-0.15, -0.1) is 0 Å². The Labute approximate surface area is 181 Å². The van der Waals surface area contributed by atoms with Gasteiger partial charge in [-0.3, -0.25) is 4.79 Å². The minimum Gasteiger partial charge on any atom is -0.350 e. The molecule has 4 nitrogen and oxygen atoms in total. The van der Waals surface area contributed by atoms with Crippen LogP contribution in [0.25, 0.3) is 10.9 Å². The highest BCUT2D eigenvalue weighted by Gasteiger charge is 2.19. The number of hydrogen-bond acceptors (Lipinski definition) is 2. The van der Waals surface area contributed by atoms with Crippen molar-refractivity contribution in [1.82, 2.24) is 15.2 Å². The van der Waals surface area contributed by atoms with Crippen LogP contribution in [-0.2, 0) is 6.42 Å². The number of H-pyrrole nitrogens is 1. The molecule has 0 bridgehead atoms. The van der Waals surface area contributed by atoms with Gasteiger partial charge in [-0.25, -0.2) is 0 Å². The molecule has 1 fully saturated rings. The lowest BCUT2D eigenvalue weighted by atomic mass is 9.90. The Bertz CT molecular complexity index is 978. The van der Waals surface area contributed by atoms with Gasteiger partial charge in [0.05, 0.1) is 5.02 Å². The molecule has 0 saturated carbocycles. The monoisotopic (exact) mass is 429 g/mol. The van der Waals surface area contributed by atoms with Gasteiger partial charge >= 0.3 is 0 Å². The molecule has 2 heterocycles. The van der Waals surface area contributed by atoms with Crippen molar-refractivity contribution < 1.29 is 4.79 Å². The van der Waals surface area contributed by atoms with Crippen LogP contribution in [-0.4, -0.2) is 42.0 Å². The summed E-state index contributed by atoms with van der Waals surface area (Å²) in [7, 11) is 0. The zero-order chi connectivity index (χ0) is 20.2. The number of hydrogen-bond donors (Lipinski definition) is 2. The van der Waals surface area contributed by atoms with Crippen LogP contribution in [0.1, 0.15) is 28.9 Å². The largest absolute Gasteiger partial charge is 0.350 e. The van der Waals surface area contributed by atoms with E-state index in [0.29, 0.717) is 22.3 Å². The van der Waals surface area contributed by atoms with Crippen molar-refractivity contribution in [2.24, 2.45) is 5.92 Å². The Morgan fingerprint density at radius 1 is 1.10 bits per heavy atom. The summed E-state index contributed by atoms with van der Waals surface area (Å²) in [5.74, 6) is 0.638. The van der Waals surface area contributed by atoms with Gasteiger partial charge in [0, 0.05) is 29.0 Å². The number of nitrogens with one attached hydrogen (secondary N) is 2. The molecule has 2 N–H and O–H groups in total. The molecule has 0 aliphatic carbocycles. The lowest BCUT2D eigenvalue weighted by Gasteiger charge is -2.32. The van der Waals surface area contributed by atoms with E-state index in [1.165, 1.54) is 24.8 Å². The molecule has 1 amide bonds. The van der Waals surface area contributed by atoms with Crippen molar-refractivity contribution in [3.8, 4) is 0 Å². The van der Waals surface area contributed by atoms with Gasteiger partial charge in [0.25, 0.3) is 5.91 Å². The third-order valence-corrected chi connectivity index (χ3v) is 6.22. The Morgan fingerprint density at radius 2 is 1.86 bits per heavy atom. The van der Waals surface area contributed by atoms with Crippen molar-refractivity contribution >= 4 is 40.0 Å². The average Bonchev–Trinajstić information content (AvgIpc) is 3.15. The van der Waals surface area contributed by atoms with E-state index < -0.39 is 0 Å². The van der Waals surface area contributed by atoms with Crippen molar-refractivity contribution in [3.05, 3.63) is 69.8 Å². The number of nitrogens with zero attached hydrogens (tertiary/aromatic N) is 1. The van der Waals surface area contributed by atoms with Crippen molar-refractivity contribution in [1.29, 1.82) is 0 Å². The molecule has 1 aliphatic heterocycles. The summed E-state index contributed by atoms with van der Waals surface area (Å²) in [5.41, 5.74) is 2.71. The van der Waals surface area contributed by atoms with Crippen molar-refractivity contribution in [2.45, 2.75) is 19.3 Å². The molecule has 6 heteroatoms. The fourth-order valence-electron chi connectivity index (χ4n) is 4.07. The fourth-order valence-corrected chi connectivity index (χ4v) is 4.62. The number of fused-ring (bicyclic) bond motifs is 1. The van der Waals surface area contributed by atoms with E-state index in [2.05, 4.69) is 45.5 Å². The topological polar surface area (TPSA) is 48.1 Å². The van der Waals surface area contributed by atoms with E-state index in [0.717, 1.165) is 36.5 Å². The standard InChI is InChI=1S/C23H25Cl2N3O/c24-18-13-20(25)19-15-22(27-21(19)14-18)23(29)26-8-11-28-9-6-17(7-10-28)12-16-4-2-1-3-5-16/h1-5,13-15,17,27H,6-12H2,(H,26,29). The molecule has 152 valence electrons. The van der Waals surface area contributed by atoms with Gasteiger partial charge in [0.1, 0.15) is 5.69 Å². The summed E-state index contributed by atoms with van der Waals surface area (Å²) in [6.45, 7) is 3.68. The Balaban J connectivity index is 1.23. The summed E-state index contributed by atoms with van der Waals surface area (Å²) >= 11 is 12.2. The Hall–Kier alpha value is -2.01. The maximum absolute atomic E-state index is 12.5. The predicted molar refractivity (Wildman–Crippen MR) is 120 cm³/mol. The van der Waals surface area contributed by atoms with E-state index >= 15 is 0 Å². The number of carbonyl (C=O) groups is 1. The number of halogens is 2. The second kappa shape index (κ2) is 9.21. The first-order chi connectivity index (χ1) is 14.1. The summed E-state index contributed by atoms with van der Waals surface area (Å²) in [6.07, 6.45) is 3.59. The van der Waals surface area contributed by atoms with Crippen molar-refractivity contribution in [3.63, 3.8) is 0 Å². The lowest BCUT2D eigenvalue weighted by Crippen LogP contribution is -2.40. The van der Waals surface area contributed by atoms with Crippen LogP contribution in [0.15, 0.2) is 48.5 Å². The van der Waals surface area contributed by atoms with Crippen LogP contribution in [0.5, 0.6) is 0 Å². The number of aromatic nitrogens is 1. The highest BCUT2D eigenvalue weighted by atomic mass is 35.5. The smallest absolute Gasteiger partial charge is 0.267 e. The van der Waals surface area contributed by atoms with E-state index in [9.17, 15) is 4.79 Å². The van der Waals surface area contributed by atoms with Crippen LogP contribution in [0.2, 0.25) is 10.0 Å². The second-order valence-electron chi connectivity index (χ2n) is 7.76. The van der Waals surface area contributed by atoms with Crippen molar-refractivity contribution in [2.75, 3.05) is 26.2 Å². The lowest BCUT2D eigenvalue weighted by molar-refractivity contribution is 0.0940. The molecule has 0 radical (unpaired) electrons. The number of benzene rings is 2. The van der Waals surface area contributed by atoms with Crippen LogP contribution >= 0.6 is 23.2 Å². The maximum atomic E-state index is 12.5. The minimum atomic E-state index is -0.118. The molecule has 0 atom stereocenters. The third-order valence-electron chi connectivity index (χ3n) is 5.68. The molecule has 29 heavy (non-hydrogen) atoms. The van der Waals surface area contributed by atoms with Gasteiger partial charge in [0.2, 0.25) is 0 Å². The molecule has 1 saturated heterocycles. The summed E-state index contributed by atoms with van der Waals surface area (Å²) in [5, 5.41) is 4.90. The number of likely N-dealkylation sites (tertiary alicyclic amines) is 1. The first-order valence-corrected chi connectivity index (χ1v) is 10.9.